The van der Waals surface area contributed by atoms with E-state index in [-0.39, 0.29) is 12.5 Å². The quantitative estimate of drug-likeness (QED) is 0.654. The Hall–Kier alpha value is -3.50. The van der Waals surface area contributed by atoms with E-state index in [1.807, 2.05) is 29.2 Å². The van der Waals surface area contributed by atoms with E-state index in [1.54, 1.807) is 38.5 Å². The molecule has 0 radical (unpaired) electrons. The van der Waals surface area contributed by atoms with Crippen LogP contribution in [0.1, 0.15) is 11.1 Å². The molecule has 0 atom stereocenters. The van der Waals surface area contributed by atoms with Crippen LogP contribution in [0.15, 0.2) is 48.5 Å². The van der Waals surface area contributed by atoms with Gasteiger partial charge in [0.25, 0.3) is 0 Å². The molecule has 1 aliphatic rings. The van der Waals surface area contributed by atoms with Crippen LogP contribution in [0.4, 0.5) is 0 Å². The summed E-state index contributed by atoms with van der Waals surface area (Å²) in [5.74, 6) is 1.90. The fourth-order valence-electron chi connectivity index (χ4n) is 3.54. The molecule has 1 aliphatic heterocycles. The van der Waals surface area contributed by atoms with Gasteiger partial charge in [0.05, 0.1) is 40.4 Å². The number of methoxy groups -OCH3 is 2. The Labute approximate surface area is 183 Å². The number of benzene rings is 2. The number of ether oxygens (including phenoxy) is 3. The zero-order valence-electron chi connectivity index (χ0n) is 18.0. The fourth-order valence-corrected chi connectivity index (χ4v) is 3.54. The molecule has 7 heteroatoms. The average Bonchev–Trinajstić information content (AvgIpc) is 2.82. The van der Waals surface area contributed by atoms with Gasteiger partial charge < -0.3 is 24.0 Å². The lowest BCUT2D eigenvalue weighted by Crippen LogP contribution is -3.13. The maximum Gasteiger partial charge on any atom is 0.246 e. The molecule has 1 fully saturated rings. The molecule has 1 saturated heterocycles. The van der Waals surface area contributed by atoms with Gasteiger partial charge in [-0.2, -0.15) is 5.26 Å². The SMILES string of the molecule is COc1ccc(C[NH+]2CCN(C(=O)/C=C/c3ccc(OCC#N)c(OC)c3)CC2)cc1. The number of quaternary nitrogens is 1. The Morgan fingerprint density at radius 1 is 1.10 bits per heavy atom. The number of nitrogens with one attached hydrogen (secondary N) is 1. The lowest BCUT2D eigenvalue weighted by molar-refractivity contribution is -0.917. The Bertz CT molecular complexity index is 942. The van der Waals surface area contributed by atoms with Crippen LogP contribution < -0.4 is 19.1 Å². The van der Waals surface area contributed by atoms with Gasteiger partial charge in [0.15, 0.2) is 18.1 Å². The Kier molecular flexibility index (Phi) is 7.91. The standard InChI is InChI=1S/C24H27N3O4/c1-29-21-7-3-20(4-8-21)18-26-12-14-27(15-13-26)24(28)10-6-19-5-9-22(31-16-11-25)23(17-19)30-2/h3-10,17H,12-16,18H2,1-2H3/p+1/b10-6+. The van der Waals surface area contributed by atoms with Gasteiger partial charge in [0, 0.05) is 11.6 Å². The minimum absolute atomic E-state index is 0.00673. The van der Waals surface area contributed by atoms with E-state index < -0.39 is 0 Å². The van der Waals surface area contributed by atoms with Crippen LogP contribution in [0.5, 0.6) is 17.2 Å². The van der Waals surface area contributed by atoms with Crippen molar-refractivity contribution >= 4 is 12.0 Å². The van der Waals surface area contributed by atoms with Crippen LogP contribution in [0.2, 0.25) is 0 Å². The summed E-state index contributed by atoms with van der Waals surface area (Å²) in [5, 5.41) is 8.65. The highest BCUT2D eigenvalue weighted by Crippen LogP contribution is 2.28. The summed E-state index contributed by atoms with van der Waals surface area (Å²) in [7, 11) is 3.21. The highest BCUT2D eigenvalue weighted by atomic mass is 16.5. The largest absolute Gasteiger partial charge is 0.497 e. The van der Waals surface area contributed by atoms with Crippen LogP contribution in [-0.4, -0.2) is 57.8 Å². The van der Waals surface area contributed by atoms with Gasteiger partial charge in [-0.3, -0.25) is 4.79 Å². The molecule has 162 valence electrons. The summed E-state index contributed by atoms with van der Waals surface area (Å²) >= 11 is 0. The van der Waals surface area contributed by atoms with Gasteiger partial charge in [0.2, 0.25) is 5.91 Å². The van der Waals surface area contributed by atoms with Crippen LogP contribution in [-0.2, 0) is 11.3 Å². The van der Waals surface area contributed by atoms with Crippen LogP contribution in [0, 0.1) is 11.3 Å². The molecule has 0 aliphatic carbocycles. The van der Waals surface area contributed by atoms with Gasteiger partial charge in [-0.25, -0.2) is 0 Å². The van der Waals surface area contributed by atoms with Gasteiger partial charge in [0.1, 0.15) is 18.4 Å². The number of amides is 1. The van der Waals surface area contributed by atoms with Gasteiger partial charge in [-0.15, -0.1) is 0 Å². The zero-order valence-corrected chi connectivity index (χ0v) is 18.0. The van der Waals surface area contributed by atoms with E-state index in [9.17, 15) is 4.79 Å². The molecule has 3 rings (SSSR count). The number of hydrogen-bond acceptors (Lipinski definition) is 5. The first-order chi connectivity index (χ1) is 15.1. The number of nitriles is 1. The first-order valence-electron chi connectivity index (χ1n) is 10.2. The molecule has 0 unspecified atom stereocenters. The predicted octanol–water partition coefficient (Wildman–Crippen LogP) is 1.55. The van der Waals surface area contributed by atoms with Crippen LogP contribution in [0.3, 0.4) is 0 Å². The van der Waals surface area contributed by atoms with Crippen molar-refractivity contribution < 1.29 is 23.9 Å². The summed E-state index contributed by atoms with van der Waals surface area (Å²) in [5.41, 5.74) is 2.10. The minimum Gasteiger partial charge on any atom is -0.497 e. The summed E-state index contributed by atoms with van der Waals surface area (Å²) in [6.45, 7) is 4.21. The predicted molar refractivity (Wildman–Crippen MR) is 117 cm³/mol. The number of piperazine rings is 1. The zero-order chi connectivity index (χ0) is 22.1. The summed E-state index contributed by atoms with van der Waals surface area (Å²) in [6, 6.07) is 15.4. The van der Waals surface area contributed by atoms with Crippen molar-refractivity contribution in [1.29, 1.82) is 5.26 Å². The number of carbonyl (C=O) groups is 1. The first-order valence-corrected chi connectivity index (χ1v) is 10.2. The van der Waals surface area contributed by atoms with Crippen molar-refractivity contribution in [1.82, 2.24) is 4.90 Å². The van der Waals surface area contributed by atoms with E-state index in [1.165, 1.54) is 10.5 Å². The molecule has 31 heavy (non-hydrogen) atoms. The van der Waals surface area contributed by atoms with Gasteiger partial charge >= 0.3 is 0 Å². The van der Waals surface area contributed by atoms with E-state index >= 15 is 0 Å². The van der Waals surface area contributed by atoms with E-state index in [2.05, 4.69) is 12.1 Å². The monoisotopic (exact) mass is 422 g/mol. The number of carbonyl (C=O) groups excluding carboxylic acids is 1. The summed E-state index contributed by atoms with van der Waals surface area (Å²) in [4.78, 5) is 15.9. The van der Waals surface area contributed by atoms with Crippen molar-refractivity contribution in [2.45, 2.75) is 6.54 Å². The highest BCUT2D eigenvalue weighted by molar-refractivity contribution is 5.91. The third-order valence-corrected chi connectivity index (χ3v) is 5.29. The summed E-state index contributed by atoms with van der Waals surface area (Å²) in [6.07, 6.45) is 3.37. The Balaban J connectivity index is 1.51. The highest BCUT2D eigenvalue weighted by Gasteiger charge is 2.22. The van der Waals surface area contributed by atoms with E-state index in [0.29, 0.717) is 11.5 Å². The molecule has 1 heterocycles. The third-order valence-electron chi connectivity index (χ3n) is 5.29. The molecular weight excluding hydrogens is 394 g/mol. The van der Waals surface area contributed by atoms with Crippen molar-refractivity contribution in [2.24, 2.45) is 0 Å². The van der Waals surface area contributed by atoms with E-state index in [4.69, 9.17) is 19.5 Å². The minimum atomic E-state index is -0.0452. The molecule has 2 aromatic carbocycles. The van der Waals surface area contributed by atoms with Gasteiger partial charge in [-0.05, 0) is 48.0 Å². The third kappa shape index (κ3) is 6.24. The Morgan fingerprint density at radius 3 is 2.48 bits per heavy atom. The lowest BCUT2D eigenvalue weighted by atomic mass is 10.1. The second-order valence-electron chi connectivity index (χ2n) is 7.29. The second-order valence-corrected chi connectivity index (χ2v) is 7.29. The second kappa shape index (κ2) is 11.0. The maximum atomic E-state index is 12.6. The molecule has 0 saturated carbocycles. The van der Waals surface area contributed by atoms with Crippen molar-refractivity contribution in [3.8, 4) is 23.3 Å². The molecule has 1 amide bonds. The Morgan fingerprint density at radius 2 is 1.84 bits per heavy atom. The molecule has 2 aromatic rings. The average molecular weight is 423 g/mol. The van der Waals surface area contributed by atoms with Crippen LogP contribution >= 0.6 is 0 Å². The molecule has 7 nitrogen and oxygen atoms in total. The molecule has 1 N–H and O–H groups in total. The normalized spacial score (nSPS) is 14.3. The number of rotatable bonds is 8. The smallest absolute Gasteiger partial charge is 0.246 e. The number of hydrogen-bond donors (Lipinski definition) is 1. The van der Waals surface area contributed by atoms with Crippen molar-refractivity contribution in [2.75, 3.05) is 47.0 Å². The molecular formula is C24H28N3O4+. The molecule has 0 bridgehead atoms. The van der Waals surface area contributed by atoms with Crippen molar-refractivity contribution in [3.63, 3.8) is 0 Å². The topological polar surface area (TPSA) is 76.2 Å². The molecule has 0 aromatic heterocycles. The number of nitrogens with zero attached hydrogens (tertiary/aromatic N) is 2. The lowest BCUT2D eigenvalue weighted by Gasteiger charge is -2.31. The van der Waals surface area contributed by atoms with Crippen molar-refractivity contribution in [3.05, 3.63) is 59.7 Å². The molecule has 0 spiro atoms. The fraction of sp³-hybridized carbons (Fsp3) is 0.333. The van der Waals surface area contributed by atoms with Gasteiger partial charge in [-0.1, -0.05) is 6.07 Å². The summed E-state index contributed by atoms with van der Waals surface area (Å²) < 4.78 is 15.8. The maximum absolute atomic E-state index is 12.6. The first kappa shape index (κ1) is 22.2. The van der Waals surface area contributed by atoms with E-state index in [0.717, 1.165) is 44.0 Å². The van der Waals surface area contributed by atoms with Crippen LogP contribution in [0.25, 0.3) is 6.08 Å².